The number of hydrogen-bond donors (Lipinski definition) is 1. The first-order valence-corrected chi connectivity index (χ1v) is 7.30. The Morgan fingerprint density at radius 1 is 1.57 bits per heavy atom. The van der Waals surface area contributed by atoms with Crippen LogP contribution in [0.4, 0.5) is 4.79 Å². The van der Waals surface area contributed by atoms with E-state index in [-0.39, 0.29) is 18.2 Å². The quantitative estimate of drug-likeness (QED) is 0.895. The highest BCUT2D eigenvalue weighted by Crippen LogP contribution is 2.16. The van der Waals surface area contributed by atoms with E-state index in [4.69, 9.17) is 9.15 Å². The number of rotatable bonds is 5. The van der Waals surface area contributed by atoms with Crippen molar-refractivity contribution in [3.05, 3.63) is 24.2 Å². The van der Waals surface area contributed by atoms with E-state index in [1.54, 1.807) is 31.6 Å². The maximum atomic E-state index is 12.3. The standard InChI is InChI=1S/C15H25N3O3/c1-11(2)18-8-13(14(9-18)20-4)16-15(19)17(3)7-12-5-6-21-10-12/h5-6,10-11,13-14H,7-9H2,1-4H3,(H,16,19)/t13-,14-/m0/s1. The Hall–Kier alpha value is -1.53. The maximum absolute atomic E-state index is 12.3. The highest BCUT2D eigenvalue weighted by atomic mass is 16.5. The van der Waals surface area contributed by atoms with Gasteiger partial charge in [0.05, 0.1) is 31.2 Å². The van der Waals surface area contributed by atoms with Gasteiger partial charge in [-0.1, -0.05) is 0 Å². The predicted molar refractivity (Wildman–Crippen MR) is 80.0 cm³/mol. The van der Waals surface area contributed by atoms with Gasteiger partial charge in [-0.25, -0.2) is 4.79 Å². The Labute approximate surface area is 126 Å². The molecule has 1 saturated heterocycles. The minimum atomic E-state index is -0.0890. The first kappa shape index (κ1) is 15.9. The number of likely N-dealkylation sites (tertiary alicyclic amines) is 1. The molecule has 6 nitrogen and oxygen atoms in total. The van der Waals surface area contributed by atoms with Crippen LogP contribution in [0, 0.1) is 0 Å². The van der Waals surface area contributed by atoms with Crippen molar-refractivity contribution < 1.29 is 13.9 Å². The zero-order valence-corrected chi connectivity index (χ0v) is 13.2. The number of urea groups is 1. The fraction of sp³-hybridized carbons (Fsp3) is 0.667. The molecule has 6 heteroatoms. The summed E-state index contributed by atoms with van der Waals surface area (Å²) in [5, 5.41) is 3.07. The van der Waals surface area contributed by atoms with Gasteiger partial charge in [0.1, 0.15) is 0 Å². The molecule has 2 amide bonds. The van der Waals surface area contributed by atoms with Gasteiger partial charge in [0.25, 0.3) is 0 Å². The average molecular weight is 295 g/mol. The summed E-state index contributed by atoms with van der Waals surface area (Å²) in [6, 6.07) is 2.25. The van der Waals surface area contributed by atoms with Gasteiger partial charge in [-0.3, -0.25) is 4.90 Å². The lowest BCUT2D eigenvalue weighted by atomic mass is 10.2. The summed E-state index contributed by atoms with van der Waals surface area (Å²) >= 11 is 0. The van der Waals surface area contributed by atoms with Gasteiger partial charge in [-0.05, 0) is 19.9 Å². The highest BCUT2D eigenvalue weighted by Gasteiger charge is 2.35. The van der Waals surface area contributed by atoms with Crippen LogP contribution in [-0.4, -0.2) is 61.3 Å². The number of carbonyl (C=O) groups excluding carboxylic acids is 1. The van der Waals surface area contributed by atoms with Crippen LogP contribution in [0.1, 0.15) is 19.4 Å². The Bertz CT molecular complexity index is 447. The van der Waals surface area contributed by atoms with Crippen molar-refractivity contribution in [2.45, 2.75) is 38.6 Å². The lowest BCUT2D eigenvalue weighted by molar-refractivity contribution is 0.0873. The second-order valence-corrected chi connectivity index (χ2v) is 5.87. The smallest absolute Gasteiger partial charge is 0.317 e. The molecule has 0 spiro atoms. The first-order chi connectivity index (χ1) is 10.0. The van der Waals surface area contributed by atoms with E-state index < -0.39 is 0 Å². The van der Waals surface area contributed by atoms with Crippen LogP contribution in [0.3, 0.4) is 0 Å². The molecular formula is C15H25N3O3. The number of nitrogens with zero attached hydrogens (tertiary/aromatic N) is 2. The normalized spacial score (nSPS) is 22.7. The SMILES string of the molecule is CO[C@H]1CN(C(C)C)C[C@@H]1NC(=O)N(C)Cc1ccoc1. The molecule has 21 heavy (non-hydrogen) atoms. The number of methoxy groups -OCH3 is 1. The highest BCUT2D eigenvalue weighted by molar-refractivity contribution is 5.74. The van der Waals surface area contributed by atoms with Gasteiger partial charge in [0, 0.05) is 38.9 Å². The van der Waals surface area contributed by atoms with Crippen molar-refractivity contribution in [1.82, 2.24) is 15.1 Å². The molecule has 1 fully saturated rings. The fourth-order valence-electron chi connectivity index (χ4n) is 2.60. The summed E-state index contributed by atoms with van der Waals surface area (Å²) in [5.74, 6) is 0. The van der Waals surface area contributed by atoms with E-state index >= 15 is 0 Å². The Morgan fingerprint density at radius 3 is 2.90 bits per heavy atom. The lowest BCUT2D eigenvalue weighted by Crippen LogP contribution is -2.48. The van der Waals surface area contributed by atoms with Gasteiger partial charge < -0.3 is 19.4 Å². The number of ether oxygens (including phenoxy) is 1. The van der Waals surface area contributed by atoms with Gasteiger partial charge in [0.2, 0.25) is 0 Å². The van der Waals surface area contributed by atoms with Crippen LogP contribution in [-0.2, 0) is 11.3 Å². The molecule has 0 unspecified atom stereocenters. The zero-order valence-electron chi connectivity index (χ0n) is 13.2. The van der Waals surface area contributed by atoms with Crippen molar-refractivity contribution >= 4 is 6.03 Å². The van der Waals surface area contributed by atoms with E-state index in [2.05, 4.69) is 24.1 Å². The molecule has 1 aromatic heterocycles. The monoisotopic (exact) mass is 295 g/mol. The molecule has 1 N–H and O–H groups in total. The van der Waals surface area contributed by atoms with E-state index in [9.17, 15) is 4.79 Å². The summed E-state index contributed by atoms with van der Waals surface area (Å²) in [6.45, 7) is 6.51. The molecule has 1 aliphatic heterocycles. The molecule has 0 aliphatic carbocycles. The third-order valence-electron chi connectivity index (χ3n) is 3.98. The van der Waals surface area contributed by atoms with Gasteiger partial charge >= 0.3 is 6.03 Å². The summed E-state index contributed by atoms with van der Waals surface area (Å²) in [4.78, 5) is 16.2. The van der Waals surface area contributed by atoms with E-state index in [0.29, 0.717) is 12.6 Å². The van der Waals surface area contributed by atoms with Crippen molar-refractivity contribution in [2.75, 3.05) is 27.2 Å². The molecule has 1 aliphatic rings. The third kappa shape index (κ3) is 3.98. The molecular weight excluding hydrogens is 270 g/mol. The molecule has 2 atom stereocenters. The van der Waals surface area contributed by atoms with Gasteiger partial charge in [-0.15, -0.1) is 0 Å². The van der Waals surface area contributed by atoms with Crippen LogP contribution in [0.2, 0.25) is 0 Å². The van der Waals surface area contributed by atoms with E-state index in [1.165, 1.54) is 0 Å². The van der Waals surface area contributed by atoms with E-state index in [0.717, 1.165) is 18.7 Å². The summed E-state index contributed by atoms with van der Waals surface area (Å²) in [6.07, 6.45) is 3.30. The van der Waals surface area contributed by atoms with Crippen molar-refractivity contribution in [3.8, 4) is 0 Å². The Morgan fingerprint density at radius 2 is 2.33 bits per heavy atom. The molecule has 2 rings (SSSR count). The molecule has 118 valence electrons. The number of furan rings is 1. The van der Waals surface area contributed by atoms with Gasteiger partial charge in [0.15, 0.2) is 0 Å². The minimum Gasteiger partial charge on any atom is -0.472 e. The third-order valence-corrected chi connectivity index (χ3v) is 3.98. The summed E-state index contributed by atoms with van der Waals surface area (Å²) < 4.78 is 10.5. The number of amides is 2. The van der Waals surface area contributed by atoms with Crippen LogP contribution in [0.25, 0.3) is 0 Å². The molecule has 0 radical (unpaired) electrons. The number of carbonyl (C=O) groups is 1. The van der Waals surface area contributed by atoms with Crippen molar-refractivity contribution in [2.24, 2.45) is 0 Å². The van der Waals surface area contributed by atoms with Crippen molar-refractivity contribution in [3.63, 3.8) is 0 Å². The number of nitrogens with one attached hydrogen (secondary N) is 1. The first-order valence-electron chi connectivity index (χ1n) is 7.30. The van der Waals surface area contributed by atoms with Crippen LogP contribution >= 0.6 is 0 Å². The second kappa shape index (κ2) is 6.95. The molecule has 0 bridgehead atoms. The Kier molecular flexibility index (Phi) is 5.25. The predicted octanol–water partition coefficient (Wildman–Crippen LogP) is 1.53. The summed E-state index contributed by atoms with van der Waals surface area (Å²) in [7, 11) is 3.47. The molecule has 0 saturated carbocycles. The minimum absolute atomic E-state index is 0.0247. The van der Waals surface area contributed by atoms with Crippen LogP contribution in [0.5, 0.6) is 0 Å². The molecule has 2 heterocycles. The number of hydrogen-bond acceptors (Lipinski definition) is 4. The average Bonchev–Trinajstić information content (AvgIpc) is 3.07. The Balaban J connectivity index is 1.89. The van der Waals surface area contributed by atoms with Crippen LogP contribution < -0.4 is 5.32 Å². The summed E-state index contributed by atoms with van der Waals surface area (Å²) in [5.41, 5.74) is 0.978. The molecule has 1 aromatic rings. The van der Waals surface area contributed by atoms with Crippen LogP contribution in [0.15, 0.2) is 23.0 Å². The van der Waals surface area contributed by atoms with E-state index in [1.807, 2.05) is 6.07 Å². The maximum Gasteiger partial charge on any atom is 0.317 e. The van der Waals surface area contributed by atoms with Gasteiger partial charge in [-0.2, -0.15) is 0 Å². The lowest BCUT2D eigenvalue weighted by Gasteiger charge is -2.23. The zero-order chi connectivity index (χ0) is 15.4. The fourth-order valence-corrected chi connectivity index (χ4v) is 2.60. The second-order valence-electron chi connectivity index (χ2n) is 5.87. The topological polar surface area (TPSA) is 58.0 Å². The van der Waals surface area contributed by atoms with Crippen molar-refractivity contribution in [1.29, 1.82) is 0 Å². The largest absolute Gasteiger partial charge is 0.472 e. The molecule has 0 aromatic carbocycles.